The third-order valence-electron chi connectivity index (χ3n) is 4.18. The van der Waals surface area contributed by atoms with Crippen molar-refractivity contribution in [2.75, 3.05) is 32.9 Å². The molecular weight excluding hydrogens is 294 g/mol. The summed E-state index contributed by atoms with van der Waals surface area (Å²) in [4.78, 5) is 14.8. The number of benzene rings is 1. The van der Waals surface area contributed by atoms with Crippen molar-refractivity contribution in [2.24, 2.45) is 11.8 Å². The van der Waals surface area contributed by atoms with Crippen LogP contribution in [0.2, 0.25) is 0 Å². The number of para-hydroxylation sites is 2. The van der Waals surface area contributed by atoms with Gasteiger partial charge in [-0.15, -0.1) is 0 Å². The molecule has 0 unspecified atom stereocenters. The Bertz CT molecular complexity index is 540. The van der Waals surface area contributed by atoms with Crippen LogP contribution in [-0.4, -0.2) is 49.8 Å². The average Bonchev–Trinajstić information content (AvgIpc) is 3.06. The van der Waals surface area contributed by atoms with Crippen molar-refractivity contribution in [3.05, 3.63) is 24.3 Å². The van der Waals surface area contributed by atoms with Crippen molar-refractivity contribution in [3.63, 3.8) is 0 Å². The van der Waals surface area contributed by atoms with Gasteiger partial charge in [0, 0.05) is 25.6 Å². The number of amides is 1. The summed E-state index contributed by atoms with van der Waals surface area (Å²) in [5, 5.41) is 0. The second kappa shape index (κ2) is 7.21. The highest BCUT2D eigenvalue weighted by atomic mass is 16.6. The van der Waals surface area contributed by atoms with E-state index in [0.717, 1.165) is 32.7 Å². The predicted molar refractivity (Wildman–Crippen MR) is 86.7 cm³/mol. The quantitative estimate of drug-likeness (QED) is 0.836. The Morgan fingerprint density at radius 1 is 1.26 bits per heavy atom. The molecule has 1 amide bonds. The molecule has 126 valence electrons. The van der Waals surface area contributed by atoms with Crippen molar-refractivity contribution in [1.82, 2.24) is 4.90 Å². The van der Waals surface area contributed by atoms with E-state index in [1.54, 1.807) is 0 Å². The van der Waals surface area contributed by atoms with Gasteiger partial charge in [0.1, 0.15) is 6.61 Å². The Labute approximate surface area is 137 Å². The summed E-state index contributed by atoms with van der Waals surface area (Å²) in [5.41, 5.74) is 0. The normalized spacial score (nSPS) is 23.1. The lowest BCUT2D eigenvalue weighted by molar-refractivity contribution is -0.142. The summed E-state index contributed by atoms with van der Waals surface area (Å²) < 4.78 is 17.0. The summed E-state index contributed by atoms with van der Waals surface area (Å²) in [6, 6.07) is 7.48. The van der Waals surface area contributed by atoms with E-state index in [1.807, 2.05) is 29.2 Å². The monoisotopic (exact) mass is 319 g/mol. The minimum atomic E-state index is -0.564. The minimum absolute atomic E-state index is 0.0140. The molecule has 0 N–H and O–H groups in total. The molecule has 2 heterocycles. The third-order valence-corrected chi connectivity index (χ3v) is 4.18. The van der Waals surface area contributed by atoms with Gasteiger partial charge in [-0.3, -0.25) is 4.79 Å². The molecule has 2 aliphatic rings. The Morgan fingerprint density at radius 3 is 2.74 bits per heavy atom. The van der Waals surface area contributed by atoms with Crippen LogP contribution in [0, 0.1) is 11.8 Å². The van der Waals surface area contributed by atoms with Gasteiger partial charge in [-0.25, -0.2) is 0 Å². The van der Waals surface area contributed by atoms with E-state index in [4.69, 9.17) is 14.2 Å². The van der Waals surface area contributed by atoms with Crippen molar-refractivity contribution in [1.29, 1.82) is 0 Å². The van der Waals surface area contributed by atoms with Gasteiger partial charge >= 0.3 is 0 Å². The standard InChI is InChI=1S/C18H25NO4/c1-13(2)9-19(10-14-7-8-21-11-14)18(20)17-12-22-15-5-3-4-6-16(15)23-17/h3-6,13-14,17H,7-12H2,1-2H3/t14-,17-/m1/s1. The molecular formula is C18H25NO4. The number of fused-ring (bicyclic) bond motifs is 1. The highest BCUT2D eigenvalue weighted by molar-refractivity contribution is 5.82. The Morgan fingerprint density at radius 2 is 2.04 bits per heavy atom. The van der Waals surface area contributed by atoms with Gasteiger partial charge < -0.3 is 19.1 Å². The largest absolute Gasteiger partial charge is 0.485 e. The fraction of sp³-hybridized carbons (Fsp3) is 0.611. The summed E-state index contributed by atoms with van der Waals surface area (Å²) in [7, 11) is 0. The third kappa shape index (κ3) is 3.96. The molecule has 2 atom stereocenters. The van der Waals surface area contributed by atoms with E-state index in [0.29, 0.717) is 23.3 Å². The molecule has 0 aromatic heterocycles. The van der Waals surface area contributed by atoms with Gasteiger partial charge in [-0.1, -0.05) is 26.0 Å². The van der Waals surface area contributed by atoms with Gasteiger partial charge in [0.15, 0.2) is 11.5 Å². The van der Waals surface area contributed by atoms with Crippen LogP contribution in [-0.2, 0) is 9.53 Å². The molecule has 0 saturated carbocycles. The van der Waals surface area contributed by atoms with Crippen LogP contribution in [0.3, 0.4) is 0 Å². The number of hydrogen-bond donors (Lipinski definition) is 0. The SMILES string of the molecule is CC(C)CN(C[C@H]1CCOC1)C(=O)[C@H]1COc2ccccc2O1. The van der Waals surface area contributed by atoms with Gasteiger partial charge in [-0.2, -0.15) is 0 Å². The number of hydrogen-bond acceptors (Lipinski definition) is 4. The maximum atomic E-state index is 12.9. The van der Waals surface area contributed by atoms with Crippen LogP contribution >= 0.6 is 0 Å². The first-order valence-electron chi connectivity index (χ1n) is 8.38. The van der Waals surface area contributed by atoms with Gasteiger partial charge in [0.05, 0.1) is 6.61 Å². The van der Waals surface area contributed by atoms with Crippen molar-refractivity contribution < 1.29 is 19.0 Å². The summed E-state index contributed by atoms with van der Waals surface area (Å²) in [6.45, 7) is 7.52. The van der Waals surface area contributed by atoms with E-state index in [2.05, 4.69) is 13.8 Å². The fourth-order valence-electron chi connectivity index (χ4n) is 3.08. The molecule has 23 heavy (non-hydrogen) atoms. The zero-order valence-electron chi connectivity index (χ0n) is 13.9. The van der Waals surface area contributed by atoms with Crippen molar-refractivity contribution in [2.45, 2.75) is 26.4 Å². The van der Waals surface area contributed by atoms with Crippen LogP contribution in [0.5, 0.6) is 11.5 Å². The Hall–Kier alpha value is -1.75. The van der Waals surface area contributed by atoms with Crippen LogP contribution in [0.1, 0.15) is 20.3 Å². The smallest absolute Gasteiger partial charge is 0.267 e. The summed E-state index contributed by atoms with van der Waals surface area (Å²) in [6.07, 6.45) is 0.457. The van der Waals surface area contributed by atoms with E-state index < -0.39 is 6.10 Å². The second-order valence-electron chi connectivity index (χ2n) is 6.73. The first kappa shape index (κ1) is 16.1. The average molecular weight is 319 g/mol. The first-order valence-corrected chi connectivity index (χ1v) is 8.38. The Kier molecular flexibility index (Phi) is 5.06. The molecule has 5 nitrogen and oxygen atoms in total. The highest BCUT2D eigenvalue weighted by Gasteiger charge is 2.33. The zero-order chi connectivity index (χ0) is 16.2. The summed E-state index contributed by atoms with van der Waals surface area (Å²) in [5.74, 6) is 2.20. The molecule has 1 aromatic carbocycles. The first-order chi connectivity index (χ1) is 11.1. The van der Waals surface area contributed by atoms with E-state index >= 15 is 0 Å². The number of carbonyl (C=O) groups excluding carboxylic acids is 1. The molecule has 0 spiro atoms. The van der Waals surface area contributed by atoms with Crippen LogP contribution < -0.4 is 9.47 Å². The van der Waals surface area contributed by atoms with Gasteiger partial charge in [0.2, 0.25) is 6.10 Å². The topological polar surface area (TPSA) is 48.0 Å². The maximum absolute atomic E-state index is 12.9. The van der Waals surface area contributed by atoms with E-state index in [-0.39, 0.29) is 12.5 Å². The number of ether oxygens (including phenoxy) is 3. The molecule has 3 rings (SSSR count). The zero-order valence-corrected chi connectivity index (χ0v) is 13.9. The predicted octanol–water partition coefficient (Wildman–Crippen LogP) is 2.35. The molecule has 1 fully saturated rings. The molecule has 1 saturated heterocycles. The number of carbonyl (C=O) groups is 1. The lowest BCUT2D eigenvalue weighted by Gasteiger charge is -2.32. The van der Waals surface area contributed by atoms with Gasteiger partial charge in [0.25, 0.3) is 5.91 Å². The lowest BCUT2D eigenvalue weighted by Crippen LogP contribution is -2.49. The van der Waals surface area contributed by atoms with Crippen LogP contribution in [0.25, 0.3) is 0 Å². The van der Waals surface area contributed by atoms with E-state index in [9.17, 15) is 4.79 Å². The van der Waals surface area contributed by atoms with Crippen LogP contribution in [0.4, 0.5) is 0 Å². The molecule has 2 aliphatic heterocycles. The molecule has 0 bridgehead atoms. The van der Waals surface area contributed by atoms with Crippen molar-refractivity contribution >= 4 is 5.91 Å². The lowest BCUT2D eigenvalue weighted by atomic mass is 10.1. The number of nitrogens with zero attached hydrogens (tertiary/aromatic N) is 1. The second-order valence-corrected chi connectivity index (χ2v) is 6.73. The molecule has 5 heteroatoms. The van der Waals surface area contributed by atoms with E-state index in [1.165, 1.54) is 0 Å². The number of rotatable bonds is 5. The van der Waals surface area contributed by atoms with Crippen molar-refractivity contribution in [3.8, 4) is 11.5 Å². The minimum Gasteiger partial charge on any atom is -0.485 e. The highest BCUT2D eigenvalue weighted by Crippen LogP contribution is 2.31. The maximum Gasteiger partial charge on any atom is 0.267 e. The van der Waals surface area contributed by atoms with Gasteiger partial charge in [-0.05, 0) is 24.5 Å². The molecule has 0 radical (unpaired) electrons. The molecule has 0 aliphatic carbocycles. The molecule has 1 aromatic rings. The Balaban J connectivity index is 1.67. The summed E-state index contributed by atoms with van der Waals surface area (Å²) >= 11 is 0. The van der Waals surface area contributed by atoms with Crippen LogP contribution in [0.15, 0.2) is 24.3 Å². The fourth-order valence-corrected chi connectivity index (χ4v) is 3.08.